The van der Waals surface area contributed by atoms with Crippen LogP contribution in [0.2, 0.25) is 0 Å². The Morgan fingerprint density at radius 3 is 0.976 bits per heavy atom. The molecule has 18 aromatic rings. The molecule has 0 atom stereocenters. The van der Waals surface area contributed by atoms with Crippen molar-refractivity contribution >= 4 is 116 Å². The molecule has 0 unspecified atom stereocenters. The number of para-hydroxylation sites is 3. The van der Waals surface area contributed by atoms with Gasteiger partial charge < -0.3 is 56.8 Å². The van der Waals surface area contributed by atoms with Gasteiger partial charge in [0.25, 0.3) is 0 Å². The number of furan rings is 6. The average molecular weight is 2180 g/mol. The van der Waals surface area contributed by atoms with Crippen molar-refractivity contribution in [3.63, 3.8) is 0 Å². The Bertz CT molecular complexity index is 6840. The Hall–Kier alpha value is -12.0. The van der Waals surface area contributed by atoms with Gasteiger partial charge in [-0.1, -0.05) is 230 Å². The second-order valence-corrected chi connectivity index (χ2v) is 32.6. The van der Waals surface area contributed by atoms with Crippen LogP contribution in [0, 0.1) is 18.2 Å². The van der Waals surface area contributed by atoms with Gasteiger partial charge in [-0.3, -0.25) is 14.4 Å². The topological polar surface area (TPSA) is 229 Å². The number of aromatic nitrogens is 3. The number of pyridine rings is 3. The molecule has 0 saturated heterocycles. The third-order valence-corrected chi connectivity index (χ3v) is 20.5. The first kappa shape index (κ1) is 94.3. The number of ketones is 3. The summed E-state index contributed by atoms with van der Waals surface area (Å²) in [7, 11) is 0. The Balaban J connectivity index is 0.000000172. The van der Waals surface area contributed by atoms with E-state index in [4.69, 9.17) is 51.8 Å². The van der Waals surface area contributed by atoms with Crippen LogP contribution in [-0.2, 0) is 80.1 Å². The number of benzene rings is 9. The summed E-state index contributed by atoms with van der Waals surface area (Å²) >= 11 is 0. The van der Waals surface area contributed by atoms with Gasteiger partial charge in [0, 0.05) is 128 Å². The maximum Gasteiger partial charge on any atom is 0.155 e. The molecule has 0 spiro atoms. The summed E-state index contributed by atoms with van der Waals surface area (Å²) in [6.45, 7) is 33.0. The number of fused-ring (bicyclic) bond motifs is 12. The van der Waals surface area contributed by atoms with Crippen LogP contribution in [0.5, 0.6) is 0 Å². The van der Waals surface area contributed by atoms with E-state index in [1.807, 2.05) is 97.2 Å². The molecule has 3 radical (unpaired) electrons. The van der Waals surface area contributed by atoms with Crippen LogP contribution < -0.4 is 0 Å². The number of nitrogens with zero attached hydrogens (tertiary/aromatic N) is 3. The summed E-state index contributed by atoms with van der Waals surface area (Å²) in [6.07, 6.45) is 8.91. The van der Waals surface area contributed by atoms with Gasteiger partial charge >= 0.3 is 0 Å². The average Bonchev–Trinajstić information content (AvgIpc) is 1.52. The number of allylic oxidation sites excluding steroid dienone is 6. The Kier molecular flexibility index (Phi) is 31.2. The van der Waals surface area contributed by atoms with Crippen LogP contribution in [0.1, 0.15) is 169 Å². The maximum absolute atomic E-state index is 10.0. The summed E-state index contributed by atoms with van der Waals surface area (Å²) < 4.78 is 37.3. The van der Waals surface area contributed by atoms with Crippen molar-refractivity contribution in [2.24, 2.45) is 0 Å². The summed E-state index contributed by atoms with van der Waals surface area (Å²) in [5, 5.41) is 34.7. The van der Waals surface area contributed by atoms with Gasteiger partial charge in [-0.05, 0) is 164 Å². The van der Waals surface area contributed by atoms with E-state index in [0.717, 1.165) is 161 Å². The molecule has 9 aromatic heterocycles. The molecule has 18 rings (SSSR count). The molecule has 18 heteroatoms. The van der Waals surface area contributed by atoms with E-state index >= 15 is 0 Å². The van der Waals surface area contributed by atoms with Crippen LogP contribution >= 0.6 is 0 Å². The largest absolute Gasteiger partial charge is 0.512 e. The van der Waals surface area contributed by atoms with Crippen molar-refractivity contribution in [2.45, 2.75) is 147 Å². The molecular formula is C106H98Ir3N3O12-3. The number of carbonyl (C=O) groups excluding carboxylic acids is 3. The summed E-state index contributed by atoms with van der Waals surface area (Å²) in [6, 6.07) is 80.7. The molecule has 0 bridgehead atoms. The molecule has 0 aliphatic heterocycles. The number of hydrogen-bond acceptors (Lipinski definition) is 15. The fourth-order valence-electron chi connectivity index (χ4n) is 14.6. The molecule has 0 amide bonds. The van der Waals surface area contributed by atoms with Gasteiger partial charge in [-0.15, -0.1) is 54.6 Å². The minimum Gasteiger partial charge on any atom is -0.512 e. The minimum atomic E-state index is -0.125. The smallest absolute Gasteiger partial charge is 0.155 e. The van der Waals surface area contributed by atoms with E-state index in [1.165, 1.54) is 93.2 Å². The number of aliphatic hydroxyl groups excluding tert-OH is 3. The zero-order chi connectivity index (χ0) is 86.3. The third-order valence-electron chi connectivity index (χ3n) is 20.5. The number of carbonyl (C=O) groups is 3. The summed E-state index contributed by atoms with van der Waals surface area (Å²) in [5.41, 5.74) is 22.5. The fourth-order valence-corrected chi connectivity index (χ4v) is 14.6. The third kappa shape index (κ3) is 22.0. The first-order chi connectivity index (χ1) is 57.8. The molecule has 0 aliphatic rings. The van der Waals surface area contributed by atoms with Gasteiger partial charge in [0.05, 0.1) is 52.6 Å². The second kappa shape index (κ2) is 41.0. The predicted octanol–water partition coefficient (Wildman–Crippen LogP) is 29.5. The second-order valence-electron chi connectivity index (χ2n) is 32.6. The van der Waals surface area contributed by atoms with Crippen LogP contribution in [0.25, 0.3) is 166 Å². The maximum atomic E-state index is 10.0. The fraction of sp³-hybridized carbons (Fsp3) is 0.208. The molecule has 124 heavy (non-hydrogen) atoms. The molecule has 9 aromatic carbocycles. The van der Waals surface area contributed by atoms with E-state index in [-0.39, 0.29) is 100 Å². The molecule has 3 N–H and O–H groups in total. The van der Waals surface area contributed by atoms with Gasteiger partial charge in [-0.2, -0.15) is 0 Å². The zero-order valence-electron chi connectivity index (χ0n) is 72.3. The van der Waals surface area contributed by atoms with Crippen molar-refractivity contribution in [1.29, 1.82) is 0 Å². The molecule has 0 fully saturated rings. The zero-order valence-corrected chi connectivity index (χ0v) is 79.4. The normalized spacial score (nSPS) is 11.7. The number of hydrogen-bond donors (Lipinski definition) is 3. The van der Waals surface area contributed by atoms with Gasteiger partial charge in [0.1, 0.15) is 34.0 Å². The van der Waals surface area contributed by atoms with E-state index in [1.54, 1.807) is 12.4 Å². The van der Waals surface area contributed by atoms with E-state index in [0.29, 0.717) is 23.7 Å². The van der Waals surface area contributed by atoms with Gasteiger partial charge in [0.2, 0.25) is 0 Å². The van der Waals surface area contributed by atoms with Crippen LogP contribution in [0.3, 0.4) is 0 Å². The van der Waals surface area contributed by atoms with Crippen molar-refractivity contribution in [3.8, 4) is 67.7 Å². The quantitative estimate of drug-likeness (QED) is 0.0554. The van der Waals surface area contributed by atoms with Crippen molar-refractivity contribution < 1.29 is 117 Å². The Labute approximate surface area is 762 Å². The molecule has 15 nitrogen and oxygen atoms in total. The van der Waals surface area contributed by atoms with E-state index < -0.39 is 0 Å². The van der Waals surface area contributed by atoms with Crippen LogP contribution in [-0.4, -0.2) is 47.6 Å². The number of aliphatic hydroxyl groups is 3. The molecule has 0 aliphatic carbocycles. The van der Waals surface area contributed by atoms with Gasteiger partial charge in [-0.25, -0.2) is 0 Å². The Morgan fingerprint density at radius 1 is 0.347 bits per heavy atom. The molecular weight excluding hydrogens is 2080 g/mol. The molecule has 0 saturated carbocycles. The summed E-state index contributed by atoms with van der Waals surface area (Å²) in [4.78, 5) is 44.2. The first-order valence-corrected chi connectivity index (χ1v) is 40.5. The molecule has 9 heterocycles. The molecule has 639 valence electrons. The first-order valence-electron chi connectivity index (χ1n) is 40.5. The standard InChI is InChI=1S/2C31H26NO2.C29H22NO2.3C5H8O2.3Ir/c1-18(2)21-10-7-11-22(19(3)4)30(21)28-16-20-15-26(32-17-29(20)33-28)25-13-8-12-24-23-9-5-6-14-27(23)34-31(24)25;1-18(2)20-12-21(19(3)4)14-22(13-20)29-16-23-15-27(32-17-30(23)33-29)26-10-7-9-25-24-8-5-6-11-28(24)34-31(25)26;1-29(2,3)20-13-11-18(12-14-20)26-16-19-15-24(30-17-27(19)31-26)23-9-6-8-22-21-7-4-5-10-25(21)32-28(22)23;3*1-4(6)3-5(2)7;;;/h5-12,14-19H,1-4H3;5-9,11-19H,1-4H3;4-8,10-17H,1-3H3;3*3,6H,1-2H3;;;/q3*-1;;;;;;. The minimum absolute atomic E-state index is 0. The van der Waals surface area contributed by atoms with Crippen molar-refractivity contribution in [1.82, 2.24) is 15.0 Å². The SMILES string of the molecule is CC(=O)C=C(C)O.CC(=O)C=C(C)O.CC(=O)C=C(C)O.CC(C)(C)c1ccc(-c2cc3cc(-c4[c-]ccc5c4oc4ccccc45)ncc3o2)cc1.CC(C)c1cc(-c2cc3cc(-c4[c-]ccc5c4oc4ccccc45)ncc3o2)cc(C(C)C)c1.CC(C)c1cccc(C(C)C)c1-c1cc2cc(-c3[c-]ccc4c3oc3ccccc34)ncc2o1.[Ir].[Ir].[Ir]. The Morgan fingerprint density at radius 2 is 0.669 bits per heavy atom. The predicted molar refractivity (Wildman–Crippen MR) is 489 cm³/mol. The van der Waals surface area contributed by atoms with Crippen LogP contribution in [0.15, 0.2) is 287 Å². The summed E-state index contributed by atoms with van der Waals surface area (Å²) in [5.74, 6) is 4.12. The van der Waals surface area contributed by atoms with Crippen molar-refractivity contribution in [2.75, 3.05) is 0 Å². The van der Waals surface area contributed by atoms with E-state index in [9.17, 15) is 14.4 Å². The van der Waals surface area contributed by atoms with Crippen molar-refractivity contribution in [3.05, 3.63) is 306 Å². The monoisotopic (exact) mass is 2180 g/mol. The van der Waals surface area contributed by atoms with Crippen LogP contribution in [0.4, 0.5) is 0 Å². The number of rotatable bonds is 13. The van der Waals surface area contributed by atoms with E-state index in [2.05, 4.69) is 215 Å². The van der Waals surface area contributed by atoms with Gasteiger partial charge in [0.15, 0.2) is 34.1 Å².